The van der Waals surface area contributed by atoms with Crippen LogP contribution in [0.2, 0.25) is 0 Å². The molecule has 1 aromatic carbocycles. The lowest BCUT2D eigenvalue weighted by atomic mass is 9.85. The smallest absolute Gasteiger partial charge is 0.251 e. The zero-order valence-electron chi connectivity index (χ0n) is 15.0. The number of amides is 2. The third kappa shape index (κ3) is 4.29. The van der Waals surface area contributed by atoms with Gasteiger partial charge in [0.05, 0.1) is 0 Å². The van der Waals surface area contributed by atoms with Crippen molar-refractivity contribution >= 4 is 17.5 Å². The largest absolute Gasteiger partial charge is 0.352 e. The van der Waals surface area contributed by atoms with Gasteiger partial charge in [-0.3, -0.25) is 9.59 Å². The Labute approximate surface area is 153 Å². The lowest BCUT2D eigenvalue weighted by Crippen LogP contribution is -2.29. The summed E-state index contributed by atoms with van der Waals surface area (Å²) in [5.74, 6) is 2.57. The van der Waals surface area contributed by atoms with Crippen LogP contribution in [0.5, 0.6) is 0 Å². The first-order chi connectivity index (χ1) is 12.5. The van der Waals surface area contributed by atoms with E-state index in [1.165, 1.54) is 0 Å². The summed E-state index contributed by atoms with van der Waals surface area (Å²) in [5, 5.41) is 14.0. The maximum absolute atomic E-state index is 12.4. The molecule has 6 heteroatoms. The zero-order chi connectivity index (χ0) is 18.6. The van der Waals surface area contributed by atoms with E-state index in [0.29, 0.717) is 30.6 Å². The predicted octanol–water partition coefficient (Wildman–Crippen LogP) is 3.43. The van der Waals surface area contributed by atoms with Crippen LogP contribution in [0.4, 0.5) is 5.69 Å². The number of nitrogens with one attached hydrogen (secondary N) is 2. The molecular formula is C20H24N4O2. The van der Waals surface area contributed by atoms with Crippen molar-refractivity contribution in [1.29, 1.82) is 0 Å². The maximum Gasteiger partial charge on any atom is 0.251 e. The average molecular weight is 352 g/mol. The molecule has 1 aromatic rings. The second-order valence-electron chi connectivity index (χ2n) is 7.04. The molecule has 0 spiro atoms. The highest BCUT2D eigenvalue weighted by Crippen LogP contribution is 2.36. The minimum absolute atomic E-state index is 0.0457. The molecule has 0 radical (unpaired) electrons. The van der Waals surface area contributed by atoms with Crippen molar-refractivity contribution in [1.82, 2.24) is 5.32 Å². The summed E-state index contributed by atoms with van der Waals surface area (Å²) in [6.45, 7) is 2.40. The topological polar surface area (TPSA) is 82.9 Å². The van der Waals surface area contributed by atoms with Crippen molar-refractivity contribution in [2.75, 3.05) is 11.9 Å². The minimum atomic E-state index is -0.394. The van der Waals surface area contributed by atoms with Gasteiger partial charge < -0.3 is 10.6 Å². The number of aryl methyl sites for hydroxylation is 1. The van der Waals surface area contributed by atoms with Gasteiger partial charge in [-0.15, -0.1) is 12.3 Å². The second-order valence-corrected chi connectivity index (χ2v) is 7.04. The third-order valence-corrected chi connectivity index (χ3v) is 5.10. The van der Waals surface area contributed by atoms with Crippen LogP contribution < -0.4 is 10.6 Å². The number of carbonyl (C=O) groups is 2. The zero-order valence-corrected chi connectivity index (χ0v) is 15.0. The molecule has 136 valence electrons. The van der Waals surface area contributed by atoms with Gasteiger partial charge in [0.1, 0.15) is 0 Å². The normalized spacial score (nSPS) is 17.1. The fraction of sp³-hybridized carbons (Fsp3) is 0.500. The van der Waals surface area contributed by atoms with Gasteiger partial charge >= 0.3 is 0 Å². The Bertz CT molecular complexity index is 769. The summed E-state index contributed by atoms with van der Waals surface area (Å²) in [6, 6.07) is 5.36. The summed E-state index contributed by atoms with van der Waals surface area (Å²) in [7, 11) is 0. The van der Waals surface area contributed by atoms with Crippen LogP contribution in [0.25, 0.3) is 0 Å². The quantitative estimate of drug-likeness (QED) is 0.703. The van der Waals surface area contributed by atoms with Gasteiger partial charge in [0, 0.05) is 43.0 Å². The fourth-order valence-electron chi connectivity index (χ4n) is 2.95. The Morgan fingerprint density at radius 1 is 1.31 bits per heavy atom. The molecule has 6 nitrogen and oxygen atoms in total. The van der Waals surface area contributed by atoms with Crippen LogP contribution in [-0.2, 0) is 4.79 Å². The molecule has 0 unspecified atom stereocenters. The van der Waals surface area contributed by atoms with E-state index >= 15 is 0 Å². The van der Waals surface area contributed by atoms with Crippen molar-refractivity contribution in [3.8, 4) is 12.3 Å². The van der Waals surface area contributed by atoms with Gasteiger partial charge in [-0.2, -0.15) is 10.2 Å². The fourth-order valence-corrected chi connectivity index (χ4v) is 2.95. The van der Waals surface area contributed by atoms with Crippen LogP contribution in [0, 0.1) is 25.2 Å². The Morgan fingerprint density at radius 3 is 2.69 bits per heavy atom. The molecular weight excluding hydrogens is 328 g/mol. The van der Waals surface area contributed by atoms with E-state index in [0.717, 1.165) is 31.2 Å². The Hall–Kier alpha value is -2.68. The van der Waals surface area contributed by atoms with Crippen molar-refractivity contribution in [2.24, 2.45) is 16.1 Å². The van der Waals surface area contributed by atoms with E-state index in [4.69, 9.17) is 6.42 Å². The third-order valence-electron chi connectivity index (χ3n) is 5.10. The SMILES string of the molecule is C#CCCC1(CCNC(=O)c2ccc(C)c(NC(=O)C3CCC3)c2)N=N1. The first-order valence-corrected chi connectivity index (χ1v) is 9.10. The first kappa shape index (κ1) is 18.1. The summed E-state index contributed by atoms with van der Waals surface area (Å²) in [5.41, 5.74) is 1.78. The lowest BCUT2D eigenvalue weighted by molar-refractivity contribution is -0.122. The van der Waals surface area contributed by atoms with E-state index in [9.17, 15) is 9.59 Å². The molecule has 0 aromatic heterocycles. The van der Waals surface area contributed by atoms with E-state index in [1.54, 1.807) is 12.1 Å². The van der Waals surface area contributed by atoms with Crippen molar-refractivity contribution in [3.63, 3.8) is 0 Å². The van der Waals surface area contributed by atoms with E-state index in [1.807, 2.05) is 13.0 Å². The molecule has 1 saturated carbocycles. The number of rotatable bonds is 8. The number of carbonyl (C=O) groups excluding carboxylic acids is 2. The van der Waals surface area contributed by atoms with E-state index in [2.05, 4.69) is 26.8 Å². The van der Waals surface area contributed by atoms with Gasteiger partial charge in [0.25, 0.3) is 5.91 Å². The molecule has 2 amide bonds. The van der Waals surface area contributed by atoms with Gasteiger partial charge in [0.2, 0.25) is 5.91 Å². The minimum Gasteiger partial charge on any atom is -0.352 e. The number of nitrogens with zero attached hydrogens (tertiary/aromatic N) is 2. The van der Waals surface area contributed by atoms with Crippen LogP contribution in [0.3, 0.4) is 0 Å². The number of anilines is 1. The lowest BCUT2D eigenvalue weighted by Gasteiger charge is -2.24. The number of hydrogen-bond acceptors (Lipinski definition) is 4. The van der Waals surface area contributed by atoms with Crippen LogP contribution in [-0.4, -0.2) is 24.0 Å². The highest BCUT2D eigenvalue weighted by atomic mass is 16.2. The molecule has 0 atom stereocenters. The van der Waals surface area contributed by atoms with Gasteiger partial charge in [-0.05, 0) is 37.5 Å². The monoisotopic (exact) mass is 352 g/mol. The van der Waals surface area contributed by atoms with Crippen molar-refractivity contribution in [2.45, 2.75) is 51.1 Å². The number of hydrogen-bond donors (Lipinski definition) is 2. The van der Waals surface area contributed by atoms with Gasteiger partial charge in [-0.1, -0.05) is 12.5 Å². The number of terminal acetylenes is 1. The summed E-state index contributed by atoms with van der Waals surface area (Å²) in [6.07, 6.45) is 10.3. The molecule has 1 fully saturated rings. The molecule has 0 saturated heterocycles. The molecule has 3 rings (SSSR count). The van der Waals surface area contributed by atoms with Gasteiger partial charge in [-0.25, -0.2) is 0 Å². The Morgan fingerprint density at radius 2 is 2.08 bits per heavy atom. The number of benzene rings is 1. The van der Waals surface area contributed by atoms with Crippen molar-refractivity contribution in [3.05, 3.63) is 29.3 Å². The highest BCUT2D eigenvalue weighted by Gasteiger charge is 2.38. The molecule has 1 aliphatic carbocycles. The molecule has 1 aliphatic heterocycles. The molecule has 2 aliphatic rings. The first-order valence-electron chi connectivity index (χ1n) is 9.10. The molecule has 26 heavy (non-hydrogen) atoms. The Kier molecular flexibility index (Phi) is 5.36. The van der Waals surface area contributed by atoms with Gasteiger partial charge in [0.15, 0.2) is 5.66 Å². The van der Waals surface area contributed by atoms with Crippen molar-refractivity contribution < 1.29 is 9.59 Å². The highest BCUT2D eigenvalue weighted by molar-refractivity contribution is 5.98. The molecule has 0 bridgehead atoms. The maximum atomic E-state index is 12.4. The van der Waals surface area contributed by atoms with Crippen LogP contribution in [0.1, 0.15) is 54.4 Å². The summed E-state index contributed by atoms with van der Waals surface area (Å²) in [4.78, 5) is 24.6. The van der Waals surface area contributed by atoms with Crippen LogP contribution in [0.15, 0.2) is 28.4 Å². The summed E-state index contributed by atoms with van der Waals surface area (Å²) < 4.78 is 0. The standard InChI is InChI=1S/C20H24N4O2/c1-3-4-10-20(23-24-20)11-12-21-18(25)16-9-8-14(2)17(13-16)22-19(26)15-6-5-7-15/h1,8-9,13,15H,4-7,10-12H2,2H3,(H,21,25)(H,22,26). The predicted molar refractivity (Wildman–Crippen MR) is 99.8 cm³/mol. The average Bonchev–Trinajstić information content (AvgIpc) is 3.33. The Balaban J connectivity index is 1.53. The molecule has 1 heterocycles. The van der Waals surface area contributed by atoms with E-state index < -0.39 is 5.66 Å². The second kappa shape index (κ2) is 7.69. The molecule has 2 N–H and O–H groups in total. The van der Waals surface area contributed by atoms with Crippen LogP contribution >= 0.6 is 0 Å². The summed E-state index contributed by atoms with van der Waals surface area (Å²) >= 11 is 0. The van der Waals surface area contributed by atoms with E-state index in [-0.39, 0.29) is 17.7 Å².